The van der Waals surface area contributed by atoms with E-state index in [1.165, 1.54) is 6.20 Å². The minimum absolute atomic E-state index is 0.186. The van der Waals surface area contributed by atoms with Crippen molar-refractivity contribution in [3.8, 4) is 0 Å². The predicted octanol–water partition coefficient (Wildman–Crippen LogP) is 2.13. The van der Waals surface area contributed by atoms with Crippen LogP contribution in [0.3, 0.4) is 0 Å². The van der Waals surface area contributed by atoms with Crippen LogP contribution in [0, 0.1) is 0 Å². The molecule has 1 aromatic heterocycles. The van der Waals surface area contributed by atoms with Crippen LogP contribution in [0.2, 0.25) is 0 Å². The lowest BCUT2D eigenvalue weighted by atomic mass is 10.0. The molecule has 2 aromatic rings. The highest BCUT2D eigenvalue weighted by Gasteiger charge is 2.26. The van der Waals surface area contributed by atoms with Gasteiger partial charge in [0.15, 0.2) is 5.82 Å². The largest absolute Gasteiger partial charge is 0.465 e. The molecule has 0 fully saturated rings. The number of aromatic nitrogens is 2. The lowest BCUT2D eigenvalue weighted by Crippen LogP contribution is -2.46. The average molecular weight is 329 g/mol. The monoisotopic (exact) mass is 329 g/mol. The normalized spacial score (nSPS) is 13.2. The fourth-order valence-electron chi connectivity index (χ4n) is 2.45. The number of carbonyl (C=O) groups is 2. The second kappa shape index (κ2) is 8.98. The molecule has 1 heterocycles. The highest BCUT2D eigenvalue weighted by molar-refractivity contribution is 5.97. The Hall–Kier alpha value is -2.47. The van der Waals surface area contributed by atoms with Crippen LogP contribution in [-0.2, 0) is 16.0 Å². The van der Waals surface area contributed by atoms with Gasteiger partial charge >= 0.3 is 5.97 Å². The summed E-state index contributed by atoms with van der Waals surface area (Å²) in [6.45, 7) is 3.80. The second-order valence-electron chi connectivity index (χ2n) is 5.52. The molecule has 0 saturated heterocycles. The van der Waals surface area contributed by atoms with E-state index in [-0.39, 0.29) is 17.6 Å². The van der Waals surface area contributed by atoms with Gasteiger partial charge < -0.3 is 9.72 Å². The molecule has 6 heteroatoms. The molecule has 2 unspecified atom stereocenters. The predicted molar refractivity (Wildman–Crippen MR) is 90.7 cm³/mol. The minimum Gasteiger partial charge on any atom is -0.465 e. The number of aromatic amines is 1. The molecule has 2 rings (SSSR count). The van der Waals surface area contributed by atoms with Crippen molar-refractivity contribution in [2.45, 2.75) is 38.8 Å². The molecule has 2 atom stereocenters. The smallest absolute Gasteiger partial charge is 0.323 e. The van der Waals surface area contributed by atoms with E-state index in [0.29, 0.717) is 13.0 Å². The summed E-state index contributed by atoms with van der Waals surface area (Å²) < 4.78 is 5.13. The van der Waals surface area contributed by atoms with E-state index in [0.717, 1.165) is 12.0 Å². The Morgan fingerprint density at radius 3 is 2.67 bits per heavy atom. The van der Waals surface area contributed by atoms with Gasteiger partial charge in [-0.15, -0.1) is 0 Å². The van der Waals surface area contributed by atoms with Crippen molar-refractivity contribution in [3.05, 3.63) is 54.1 Å². The molecular formula is C18H23N3O3. The summed E-state index contributed by atoms with van der Waals surface area (Å²) in [6, 6.07) is 8.82. The molecule has 0 aliphatic rings. The topological polar surface area (TPSA) is 84.1 Å². The third-order valence-corrected chi connectivity index (χ3v) is 3.71. The van der Waals surface area contributed by atoms with Gasteiger partial charge in [0.1, 0.15) is 6.04 Å². The number of hydrogen-bond donors (Lipinski definition) is 2. The van der Waals surface area contributed by atoms with Crippen molar-refractivity contribution in [1.29, 1.82) is 0 Å². The van der Waals surface area contributed by atoms with Crippen LogP contribution in [-0.4, -0.2) is 40.4 Å². The number of rotatable bonds is 9. The molecule has 0 amide bonds. The van der Waals surface area contributed by atoms with Crippen LogP contribution in [0.4, 0.5) is 0 Å². The highest BCUT2D eigenvalue weighted by Crippen LogP contribution is 2.08. The highest BCUT2D eigenvalue weighted by atomic mass is 16.5. The number of imidazole rings is 1. The zero-order chi connectivity index (χ0) is 17.4. The molecule has 0 aliphatic heterocycles. The van der Waals surface area contributed by atoms with Gasteiger partial charge in [-0.2, -0.15) is 0 Å². The van der Waals surface area contributed by atoms with Gasteiger partial charge in [-0.3, -0.25) is 14.9 Å². The lowest BCUT2D eigenvalue weighted by Gasteiger charge is -2.21. The van der Waals surface area contributed by atoms with Crippen LogP contribution >= 0.6 is 0 Å². The SMILES string of the molecule is CCOC(=O)C(CCc1ccccc1)NC(C)C(=O)c1ncc[nH]1. The van der Waals surface area contributed by atoms with Crippen LogP contribution in [0.15, 0.2) is 42.7 Å². The molecule has 6 nitrogen and oxygen atoms in total. The Balaban J connectivity index is 1.99. The number of Topliss-reactive ketones (excluding diaryl/α,β-unsaturated/α-hetero) is 1. The Morgan fingerprint density at radius 1 is 1.29 bits per heavy atom. The Morgan fingerprint density at radius 2 is 2.04 bits per heavy atom. The number of ether oxygens (including phenoxy) is 1. The number of hydrogen-bond acceptors (Lipinski definition) is 5. The van der Waals surface area contributed by atoms with Gasteiger partial charge in [0.25, 0.3) is 0 Å². The van der Waals surface area contributed by atoms with Crippen LogP contribution in [0.5, 0.6) is 0 Å². The molecule has 2 N–H and O–H groups in total. The van der Waals surface area contributed by atoms with Crippen molar-refractivity contribution >= 4 is 11.8 Å². The molecular weight excluding hydrogens is 306 g/mol. The maximum absolute atomic E-state index is 12.3. The number of ketones is 1. The number of esters is 1. The first kappa shape index (κ1) is 17.9. The number of nitrogens with one attached hydrogen (secondary N) is 2. The standard InChI is InChI=1S/C18H23N3O3/c1-3-24-18(23)15(10-9-14-7-5-4-6-8-14)21-13(2)16(22)17-19-11-12-20-17/h4-8,11-13,15,21H,3,9-10H2,1-2H3,(H,19,20). The van der Waals surface area contributed by atoms with E-state index < -0.39 is 12.1 Å². The van der Waals surface area contributed by atoms with Gasteiger partial charge in [-0.25, -0.2) is 4.98 Å². The maximum atomic E-state index is 12.3. The van der Waals surface area contributed by atoms with E-state index in [4.69, 9.17) is 4.74 Å². The van der Waals surface area contributed by atoms with Gasteiger partial charge in [-0.1, -0.05) is 30.3 Å². The van der Waals surface area contributed by atoms with Crippen LogP contribution in [0.25, 0.3) is 0 Å². The molecule has 0 spiro atoms. The molecule has 1 aromatic carbocycles. The van der Waals surface area contributed by atoms with E-state index in [2.05, 4.69) is 15.3 Å². The number of aryl methyl sites for hydroxylation is 1. The van der Waals surface area contributed by atoms with E-state index in [1.807, 2.05) is 30.3 Å². The van der Waals surface area contributed by atoms with E-state index in [9.17, 15) is 9.59 Å². The van der Waals surface area contributed by atoms with Crippen LogP contribution in [0.1, 0.15) is 36.5 Å². The third-order valence-electron chi connectivity index (χ3n) is 3.71. The van der Waals surface area contributed by atoms with Gasteiger partial charge in [0, 0.05) is 12.4 Å². The van der Waals surface area contributed by atoms with Crippen molar-refractivity contribution < 1.29 is 14.3 Å². The zero-order valence-electron chi connectivity index (χ0n) is 14.0. The van der Waals surface area contributed by atoms with E-state index in [1.54, 1.807) is 20.0 Å². The number of H-pyrrole nitrogens is 1. The van der Waals surface area contributed by atoms with Crippen molar-refractivity contribution in [2.75, 3.05) is 6.61 Å². The Bertz CT molecular complexity index is 641. The zero-order valence-corrected chi connectivity index (χ0v) is 14.0. The first-order valence-electron chi connectivity index (χ1n) is 8.12. The summed E-state index contributed by atoms with van der Waals surface area (Å²) in [6.07, 6.45) is 4.40. The summed E-state index contributed by atoms with van der Waals surface area (Å²) in [7, 11) is 0. The summed E-state index contributed by atoms with van der Waals surface area (Å²) in [5, 5.41) is 3.08. The summed E-state index contributed by atoms with van der Waals surface area (Å²) in [4.78, 5) is 31.2. The average Bonchev–Trinajstić information content (AvgIpc) is 3.13. The fraction of sp³-hybridized carbons (Fsp3) is 0.389. The minimum atomic E-state index is -0.543. The molecule has 0 bridgehead atoms. The third kappa shape index (κ3) is 5.03. The summed E-state index contributed by atoms with van der Waals surface area (Å²) in [5.41, 5.74) is 1.14. The number of nitrogens with zero attached hydrogens (tertiary/aromatic N) is 1. The van der Waals surface area contributed by atoms with E-state index >= 15 is 0 Å². The molecule has 0 saturated carbocycles. The number of benzene rings is 1. The van der Waals surface area contributed by atoms with Crippen molar-refractivity contribution in [3.63, 3.8) is 0 Å². The molecule has 0 radical (unpaired) electrons. The second-order valence-corrected chi connectivity index (χ2v) is 5.52. The Kier molecular flexibility index (Phi) is 6.69. The van der Waals surface area contributed by atoms with Crippen molar-refractivity contribution in [2.24, 2.45) is 0 Å². The molecule has 24 heavy (non-hydrogen) atoms. The van der Waals surface area contributed by atoms with Gasteiger partial charge in [0.2, 0.25) is 5.78 Å². The first-order chi connectivity index (χ1) is 11.6. The number of carbonyl (C=O) groups excluding carboxylic acids is 2. The molecule has 128 valence electrons. The maximum Gasteiger partial charge on any atom is 0.323 e. The molecule has 0 aliphatic carbocycles. The van der Waals surface area contributed by atoms with Gasteiger partial charge in [0.05, 0.1) is 12.6 Å². The fourth-order valence-corrected chi connectivity index (χ4v) is 2.45. The quantitative estimate of drug-likeness (QED) is 0.544. The van der Waals surface area contributed by atoms with Crippen molar-refractivity contribution in [1.82, 2.24) is 15.3 Å². The first-order valence-corrected chi connectivity index (χ1v) is 8.12. The van der Waals surface area contributed by atoms with Crippen LogP contribution < -0.4 is 5.32 Å². The Labute approximate surface area is 141 Å². The summed E-state index contributed by atoms with van der Waals surface area (Å²) in [5.74, 6) is -0.248. The lowest BCUT2D eigenvalue weighted by molar-refractivity contribution is -0.145. The van der Waals surface area contributed by atoms with Gasteiger partial charge in [-0.05, 0) is 32.3 Å². The summed E-state index contributed by atoms with van der Waals surface area (Å²) >= 11 is 0.